The van der Waals surface area contributed by atoms with Gasteiger partial charge < -0.3 is 30.3 Å². The van der Waals surface area contributed by atoms with E-state index in [2.05, 4.69) is 311 Å². The third kappa shape index (κ3) is 32.4. The van der Waals surface area contributed by atoms with E-state index in [1.807, 2.05) is 211 Å². The number of aromatic hydroxyl groups is 3. The first kappa shape index (κ1) is 109. The molecule has 0 aliphatic rings. The van der Waals surface area contributed by atoms with Gasteiger partial charge in [0.2, 0.25) is 0 Å². The number of hydrogen-bond acceptors (Lipinski definition) is 6. The Balaban J connectivity index is 0.000000166. The topological polar surface area (TPSA) is 140 Å². The minimum absolute atomic E-state index is 0.0309. The van der Waals surface area contributed by atoms with Crippen molar-refractivity contribution in [3.63, 3.8) is 0 Å². The first-order valence-electron chi connectivity index (χ1n) is 47.3. The van der Waals surface area contributed by atoms with Gasteiger partial charge in [0.15, 0.2) is 0 Å². The van der Waals surface area contributed by atoms with Crippen molar-refractivity contribution in [3.8, 4) is 39.5 Å². The molecule has 0 radical (unpaired) electrons. The molecular formula is C125H133Cl2Mo2N6O3W-3. The van der Waals surface area contributed by atoms with Crippen LogP contribution in [0.2, 0.25) is 10.0 Å². The molecule has 14 heteroatoms. The summed E-state index contributed by atoms with van der Waals surface area (Å²) in [7, 11) is 0. The van der Waals surface area contributed by atoms with Crippen LogP contribution in [0.25, 0.3) is 65.3 Å². The molecule has 0 aliphatic carbocycles. The van der Waals surface area contributed by atoms with E-state index in [-0.39, 0.29) is 16.2 Å². The molecule has 0 bridgehead atoms. The smallest absolute Gasteiger partial charge is 0.124 e. The molecule has 0 amide bonds. The van der Waals surface area contributed by atoms with Crippen molar-refractivity contribution < 1.29 is 69.1 Å². The molecule has 0 spiro atoms. The van der Waals surface area contributed by atoms with Crippen molar-refractivity contribution in [3.05, 3.63) is 453 Å². The van der Waals surface area contributed by atoms with Crippen molar-refractivity contribution in [2.24, 2.45) is 10.5 Å². The van der Waals surface area contributed by atoms with E-state index in [1.165, 1.54) is 72.2 Å². The number of phenols is 3. The van der Waals surface area contributed by atoms with Crippen LogP contribution in [0.5, 0.6) is 17.2 Å². The number of phenolic OH excluding ortho intramolecular Hbond substituents is 3. The van der Waals surface area contributed by atoms with E-state index in [0.717, 1.165) is 88.9 Å². The van der Waals surface area contributed by atoms with Gasteiger partial charge in [0.25, 0.3) is 0 Å². The fraction of sp³-hybridized carbons (Fsp3) is 0.224. The quantitative estimate of drug-likeness (QED) is 0.0874. The first-order chi connectivity index (χ1) is 66.5. The Morgan fingerprint density at radius 2 is 0.576 bits per heavy atom. The summed E-state index contributed by atoms with van der Waals surface area (Å²) in [5.74, 6) is 3.06. The van der Waals surface area contributed by atoms with Crippen molar-refractivity contribution in [2.45, 2.75) is 185 Å². The van der Waals surface area contributed by atoms with Crippen molar-refractivity contribution >= 4 is 96.6 Å². The van der Waals surface area contributed by atoms with Crippen molar-refractivity contribution in [1.82, 2.24) is 15.0 Å². The minimum Gasteiger partial charge on any atom is -0.665 e. The number of aromatic nitrogens is 3. The van der Waals surface area contributed by atoms with Gasteiger partial charge in [-0.15, -0.1) is 0 Å². The number of benzene rings is 15. The van der Waals surface area contributed by atoms with Gasteiger partial charge in [-0.05, 0) is 79.9 Å². The van der Waals surface area contributed by atoms with Gasteiger partial charge in [0.05, 0.1) is 0 Å². The summed E-state index contributed by atoms with van der Waals surface area (Å²) in [6.45, 7) is 45.8. The van der Waals surface area contributed by atoms with Gasteiger partial charge in [-0.2, -0.15) is 34.2 Å². The van der Waals surface area contributed by atoms with Crippen LogP contribution >= 0.6 is 23.2 Å². The molecular weight excluding hydrogens is 2080 g/mol. The zero-order valence-corrected chi connectivity index (χ0v) is 92.6. The molecule has 18 rings (SSSR count). The predicted octanol–water partition coefficient (Wildman–Crippen LogP) is 35.1. The van der Waals surface area contributed by atoms with Crippen LogP contribution in [0.1, 0.15) is 199 Å². The number of rotatable bonds is 15. The largest absolute Gasteiger partial charge is 0.665 e. The maximum Gasteiger partial charge on any atom is 0.124 e. The second-order valence-corrected chi connectivity index (χ2v) is 43.5. The fourth-order valence-electron chi connectivity index (χ4n) is 15.7. The summed E-state index contributed by atoms with van der Waals surface area (Å²) in [4.78, 5) is 12.3. The Labute approximate surface area is 860 Å². The molecule has 0 aliphatic heterocycles. The van der Waals surface area contributed by atoms with Crippen molar-refractivity contribution in [1.29, 1.82) is 0 Å². The average molecular weight is 2210 g/mol. The molecule has 9 nitrogen and oxygen atoms in total. The van der Waals surface area contributed by atoms with Gasteiger partial charge in [-0.3, -0.25) is 0 Å². The third-order valence-corrected chi connectivity index (χ3v) is 32.4. The summed E-state index contributed by atoms with van der Waals surface area (Å²) in [6.07, 6.45) is 0. The monoisotopic (exact) mass is 2220 g/mol. The maximum atomic E-state index is 10.4. The van der Waals surface area contributed by atoms with Crippen LogP contribution in [-0.4, -0.2) is 28.5 Å². The van der Waals surface area contributed by atoms with Crippen LogP contribution in [0.4, 0.5) is 17.1 Å². The zero-order valence-electron chi connectivity index (χ0n) is 84.2. The Bertz CT molecular complexity index is 6770. The number of nitrogens with zero attached hydrogens (tertiary/aromatic N) is 6. The average Bonchev–Trinajstić information content (AvgIpc) is 1.07. The summed E-state index contributed by atoms with van der Waals surface area (Å²) in [5.41, 5.74) is 25.4. The number of aryl methyl sites for hydroxylation is 7. The normalized spacial score (nSPS) is 10.9. The Morgan fingerprint density at radius 1 is 0.288 bits per heavy atom. The molecule has 0 atom stereocenters. The van der Waals surface area contributed by atoms with Gasteiger partial charge in [-0.1, -0.05) is 242 Å². The van der Waals surface area contributed by atoms with E-state index in [9.17, 15) is 15.3 Å². The SMILES string of the molecule is CC(C)([CH]=[W]=[N]c1c(Cl)cccc1Cl)c1ccccc1.CC(C)c1cccc(C(C)C)c1[N]=[Mo]=[CH]C(C)(C)c1ccccc1.CC(C)c1cccc(C(C)C)c1[N]=[Mo]=[CH]C(C)(C)c1ccccc1.Cc1ccc(C)[n-]1.Cc1ccc(C)[n-]1.Cc1ccc(C)[n-]1.Cc1cccc2cccc(-c3cccc4cccc(O)c34)c12.Oc1cccc2cccc(-c3ccccc3)c12.Oc1cccc2ccccc12. The minimum atomic E-state index is -1.01. The number of fused-ring (bicyclic) bond motifs is 4. The van der Waals surface area contributed by atoms with Crippen LogP contribution in [-0.2, 0) is 70.0 Å². The van der Waals surface area contributed by atoms with Gasteiger partial charge in [0.1, 0.15) is 17.2 Å². The predicted molar refractivity (Wildman–Crippen MR) is 586 cm³/mol. The van der Waals surface area contributed by atoms with Crippen LogP contribution < -0.4 is 15.0 Å². The third-order valence-electron chi connectivity index (χ3n) is 23.4. The molecule has 3 heterocycles. The molecule has 0 saturated carbocycles. The number of hydrogen-bond donors (Lipinski definition) is 3. The molecule has 716 valence electrons. The van der Waals surface area contributed by atoms with Gasteiger partial charge >= 0.3 is 449 Å². The molecule has 3 aromatic heterocycles. The second-order valence-electron chi connectivity index (χ2n) is 37.4. The van der Waals surface area contributed by atoms with Crippen LogP contribution in [0.15, 0.2) is 374 Å². The Kier molecular flexibility index (Phi) is 42.1. The van der Waals surface area contributed by atoms with Gasteiger partial charge in [0, 0.05) is 16.2 Å². The zero-order chi connectivity index (χ0) is 100. The molecule has 139 heavy (non-hydrogen) atoms. The van der Waals surface area contributed by atoms with Gasteiger partial charge in [-0.25, -0.2) is 0 Å². The van der Waals surface area contributed by atoms with Crippen LogP contribution in [0, 0.1) is 48.5 Å². The molecule has 3 N–H and O–H groups in total. The first-order valence-corrected chi connectivity index (χ1v) is 55.2. The fourth-order valence-corrected chi connectivity index (χ4v) is 23.1. The summed E-state index contributed by atoms with van der Waals surface area (Å²) < 4.78 is 22.2. The summed E-state index contributed by atoms with van der Waals surface area (Å²) in [6, 6.07) is 122. The molecule has 0 fully saturated rings. The van der Waals surface area contributed by atoms with E-state index >= 15 is 0 Å². The van der Waals surface area contributed by atoms with E-state index in [1.54, 1.807) is 18.2 Å². The molecule has 18 aromatic rings. The maximum absolute atomic E-state index is 10.4. The van der Waals surface area contributed by atoms with E-state index in [0.29, 0.717) is 51.0 Å². The summed E-state index contributed by atoms with van der Waals surface area (Å²) in [5, 5.41) is 39.4. The summed E-state index contributed by atoms with van der Waals surface area (Å²) >= 11 is 10.1. The van der Waals surface area contributed by atoms with Crippen LogP contribution in [0.3, 0.4) is 0 Å². The van der Waals surface area contributed by atoms with E-state index < -0.39 is 53.8 Å². The second kappa shape index (κ2) is 53.6. The molecule has 15 aromatic carbocycles. The Hall–Kier alpha value is -11.8. The van der Waals surface area contributed by atoms with Crippen molar-refractivity contribution in [2.75, 3.05) is 0 Å². The number of halogens is 2. The standard InChI is InChI=1S/C21H16O.C16H12O.2C12H17N.C10H8O.3C10H12.C6H3Cl2N.3C6H8N.2Mo.W/c1-14-6-2-7-15-8-3-11-17(20(14)15)18-12-4-9-16-10-5-13-19(22)21(16)18;17-15-11-5-9-13-8-4-10-14(16(13)15)12-6-2-1-3-7-12;2*1-8(2)10-6-5-7-11(9(3)4)12(10)13;11-10-7-3-5-8-4-1-2-6-9(8)10;3*1-10(2,3)9-7-5-4-6-8-9;7-4-2-1-3-5(8)6(4)9;3*1-5-3-4-6(2)7-5;;;/h2-13,22H,1H3;1-11,17H;2*5-9H,1-4H3;1-7,11H;3*1,4-8H,2-3H3;1-3H;3*3-4H,1-2H3;;;/q;;;;;;;;;3*-1;;;. The van der Waals surface area contributed by atoms with E-state index in [4.69, 9.17) is 30.2 Å². The molecule has 0 saturated heterocycles. The Morgan fingerprint density at radius 3 is 0.942 bits per heavy atom. The molecule has 0 unspecified atom stereocenters.